The highest BCUT2D eigenvalue weighted by Gasteiger charge is 2.19. The Bertz CT molecular complexity index is 913. The van der Waals surface area contributed by atoms with Gasteiger partial charge in [0.15, 0.2) is 0 Å². The van der Waals surface area contributed by atoms with Crippen molar-refractivity contribution in [3.05, 3.63) is 107 Å². The molecule has 1 amide bonds. The molecule has 0 aliphatic heterocycles. The molecule has 1 unspecified atom stereocenters. The van der Waals surface area contributed by atoms with Gasteiger partial charge in [-0.15, -0.1) is 0 Å². The van der Waals surface area contributed by atoms with E-state index in [1.807, 2.05) is 54.6 Å². The number of aryl methyl sites for hydroxylation is 1. The van der Waals surface area contributed by atoms with Crippen molar-refractivity contribution in [1.82, 2.24) is 5.32 Å². The van der Waals surface area contributed by atoms with Gasteiger partial charge in [0.25, 0.3) is 0 Å². The van der Waals surface area contributed by atoms with E-state index >= 15 is 0 Å². The lowest BCUT2D eigenvalue weighted by atomic mass is 9.85. The number of nitrogens with one attached hydrogen (secondary N) is 1. The highest BCUT2D eigenvalue weighted by molar-refractivity contribution is 5.94. The Kier molecular flexibility index (Phi) is 8.19. The van der Waals surface area contributed by atoms with Gasteiger partial charge in [-0.2, -0.15) is 0 Å². The van der Waals surface area contributed by atoms with Gasteiger partial charge in [-0.05, 0) is 48.6 Å². The maximum atomic E-state index is 11.9. The summed E-state index contributed by atoms with van der Waals surface area (Å²) in [4.78, 5) is 11.9. The summed E-state index contributed by atoms with van der Waals surface area (Å²) in [6.45, 7) is 1.28. The van der Waals surface area contributed by atoms with Crippen molar-refractivity contribution in [1.29, 1.82) is 0 Å². The SMILES string of the molecule is NC(=O)c1ccccc1C(CCNC[C@H](O)CCc1ccccc1)c1ccccc1. The summed E-state index contributed by atoms with van der Waals surface area (Å²) < 4.78 is 0. The minimum atomic E-state index is -0.407. The van der Waals surface area contributed by atoms with Gasteiger partial charge in [-0.1, -0.05) is 78.9 Å². The fourth-order valence-corrected chi connectivity index (χ4v) is 3.81. The Morgan fingerprint density at radius 1 is 0.867 bits per heavy atom. The molecular weight excluding hydrogens is 372 g/mol. The van der Waals surface area contributed by atoms with E-state index in [0.29, 0.717) is 12.1 Å². The Morgan fingerprint density at radius 2 is 1.50 bits per heavy atom. The predicted octanol–water partition coefficient (Wildman–Crippen LogP) is 3.89. The maximum absolute atomic E-state index is 11.9. The van der Waals surface area contributed by atoms with Gasteiger partial charge in [0.1, 0.15) is 0 Å². The number of aliphatic hydroxyl groups is 1. The van der Waals surface area contributed by atoms with Crippen LogP contribution in [0.25, 0.3) is 0 Å². The van der Waals surface area contributed by atoms with Crippen molar-refractivity contribution in [3.63, 3.8) is 0 Å². The molecule has 0 aliphatic rings. The van der Waals surface area contributed by atoms with E-state index in [1.54, 1.807) is 6.07 Å². The van der Waals surface area contributed by atoms with Crippen LogP contribution in [0.15, 0.2) is 84.9 Å². The smallest absolute Gasteiger partial charge is 0.248 e. The van der Waals surface area contributed by atoms with Crippen LogP contribution in [-0.2, 0) is 6.42 Å². The first-order chi connectivity index (χ1) is 14.6. The molecular formula is C26H30N2O2. The number of hydrogen-bond acceptors (Lipinski definition) is 3. The first kappa shape index (κ1) is 21.8. The van der Waals surface area contributed by atoms with Gasteiger partial charge in [0, 0.05) is 18.0 Å². The fraction of sp³-hybridized carbons (Fsp3) is 0.269. The number of hydrogen-bond donors (Lipinski definition) is 3. The third-order valence-corrected chi connectivity index (χ3v) is 5.40. The van der Waals surface area contributed by atoms with Crippen LogP contribution in [0.3, 0.4) is 0 Å². The summed E-state index contributed by atoms with van der Waals surface area (Å²) >= 11 is 0. The van der Waals surface area contributed by atoms with Crippen molar-refractivity contribution in [2.45, 2.75) is 31.3 Å². The largest absolute Gasteiger partial charge is 0.392 e. The molecule has 0 heterocycles. The summed E-state index contributed by atoms with van der Waals surface area (Å²) in [7, 11) is 0. The van der Waals surface area contributed by atoms with Crippen LogP contribution in [0.2, 0.25) is 0 Å². The summed E-state index contributed by atoms with van der Waals surface area (Å²) in [5.74, 6) is -0.348. The number of nitrogens with two attached hydrogens (primary N) is 1. The van der Waals surface area contributed by atoms with Crippen LogP contribution in [0, 0.1) is 0 Å². The van der Waals surface area contributed by atoms with Gasteiger partial charge < -0.3 is 16.2 Å². The molecule has 0 aliphatic carbocycles. The van der Waals surface area contributed by atoms with Crippen molar-refractivity contribution >= 4 is 5.91 Å². The Balaban J connectivity index is 1.58. The quantitative estimate of drug-likeness (QED) is 0.426. The van der Waals surface area contributed by atoms with Gasteiger partial charge in [-0.3, -0.25) is 4.79 Å². The molecule has 4 heteroatoms. The fourth-order valence-electron chi connectivity index (χ4n) is 3.81. The first-order valence-electron chi connectivity index (χ1n) is 10.5. The molecule has 0 spiro atoms. The lowest BCUT2D eigenvalue weighted by molar-refractivity contribution is 0.0999. The van der Waals surface area contributed by atoms with E-state index < -0.39 is 12.0 Å². The predicted molar refractivity (Wildman–Crippen MR) is 122 cm³/mol. The number of benzene rings is 3. The normalized spacial score (nSPS) is 13.0. The van der Waals surface area contributed by atoms with E-state index in [0.717, 1.165) is 36.9 Å². The van der Waals surface area contributed by atoms with Crippen LogP contribution in [0.1, 0.15) is 45.8 Å². The number of rotatable bonds is 11. The molecule has 4 N–H and O–H groups in total. The Morgan fingerprint density at radius 3 is 2.20 bits per heavy atom. The molecule has 3 rings (SSSR count). The van der Waals surface area contributed by atoms with Crippen LogP contribution in [-0.4, -0.2) is 30.2 Å². The Hall–Kier alpha value is -2.95. The van der Waals surface area contributed by atoms with E-state index in [2.05, 4.69) is 29.6 Å². The zero-order valence-corrected chi connectivity index (χ0v) is 17.2. The molecule has 0 aromatic heterocycles. The molecule has 0 saturated carbocycles. The number of primary amides is 1. The van der Waals surface area contributed by atoms with Crippen LogP contribution >= 0.6 is 0 Å². The number of carbonyl (C=O) groups excluding carboxylic acids is 1. The lowest BCUT2D eigenvalue weighted by Gasteiger charge is -2.21. The minimum absolute atomic E-state index is 0.0591. The van der Waals surface area contributed by atoms with Crippen molar-refractivity contribution in [2.24, 2.45) is 5.73 Å². The number of aliphatic hydroxyl groups excluding tert-OH is 1. The number of amides is 1. The molecule has 0 saturated heterocycles. The molecule has 4 nitrogen and oxygen atoms in total. The van der Waals surface area contributed by atoms with Gasteiger partial charge >= 0.3 is 0 Å². The van der Waals surface area contributed by atoms with Crippen LogP contribution in [0.5, 0.6) is 0 Å². The summed E-state index contributed by atoms with van der Waals surface area (Å²) in [6.07, 6.45) is 2.00. The van der Waals surface area contributed by atoms with Gasteiger partial charge in [0.05, 0.1) is 6.10 Å². The topological polar surface area (TPSA) is 75.4 Å². The second kappa shape index (κ2) is 11.3. The Labute approximate surface area is 178 Å². The molecule has 0 radical (unpaired) electrons. The van der Waals surface area contributed by atoms with Gasteiger partial charge in [-0.25, -0.2) is 0 Å². The van der Waals surface area contributed by atoms with Crippen LogP contribution < -0.4 is 11.1 Å². The van der Waals surface area contributed by atoms with E-state index in [4.69, 9.17) is 5.73 Å². The van der Waals surface area contributed by atoms with Crippen molar-refractivity contribution in [2.75, 3.05) is 13.1 Å². The summed E-state index contributed by atoms with van der Waals surface area (Å²) in [6, 6.07) is 27.9. The summed E-state index contributed by atoms with van der Waals surface area (Å²) in [5.41, 5.74) is 9.52. The highest BCUT2D eigenvalue weighted by atomic mass is 16.3. The second-order valence-electron chi connectivity index (χ2n) is 7.59. The van der Waals surface area contributed by atoms with Crippen molar-refractivity contribution < 1.29 is 9.90 Å². The molecule has 0 bridgehead atoms. The van der Waals surface area contributed by atoms with Crippen molar-refractivity contribution in [3.8, 4) is 0 Å². The standard InChI is InChI=1S/C26H30N2O2/c27-26(30)25-14-8-7-13-24(25)23(21-11-5-2-6-12-21)17-18-28-19-22(29)16-15-20-9-3-1-4-10-20/h1-14,22-23,28-29H,15-19H2,(H2,27,30)/t22-,23?/m1/s1. The van der Waals surface area contributed by atoms with Crippen LogP contribution in [0.4, 0.5) is 0 Å². The van der Waals surface area contributed by atoms with E-state index in [-0.39, 0.29) is 5.92 Å². The zero-order valence-electron chi connectivity index (χ0n) is 17.2. The van der Waals surface area contributed by atoms with E-state index in [9.17, 15) is 9.90 Å². The molecule has 3 aromatic carbocycles. The first-order valence-corrected chi connectivity index (χ1v) is 10.5. The molecule has 0 fully saturated rings. The van der Waals surface area contributed by atoms with E-state index in [1.165, 1.54) is 5.56 Å². The minimum Gasteiger partial charge on any atom is -0.392 e. The monoisotopic (exact) mass is 402 g/mol. The third kappa shape index (κ3) is 6.28. The summed E-state index contributed by atoms with van der Waals surface area (Å²) in [5, 5.41) is 13.7. The second-order valence-corrected chi connectivity index (χ2v) is 7.59. The molecule has 30 heavy (non-hydrogen) atoms. The molecule has 3 aromatic rings. The highest BCUT2D eigenvalue weighted by Crippen LogP contribution is 2.30. The van der Waals surface area contributed by atoms with Gasteiger partial charge in [0.2, 0.25) is 5.91 Å². The zero-order chi connectivity index (χ0) is 21.2. The average Bonchev–Trinajstić information content (AvgIpc) is 2.79. The lowest BCUT2D eigenvalue weighted by Crippen LogP contribution is -2.29. The molecule has 156 valence electrons. The number of carbonyl (C=O) groups is 1. The average molecular weight is 403 g/mol. The third-order valence-electron chi connectivity index (χ3n) is 5.40. The molecule has 2 atom stereocenters. The maximum Gasteiger partial charge on any atom is 0.248 e.